The topological polar surface area (TPSA) is 190 Å². The Morgan fingerprint density at radius 3 is 2.42 bits per heavy atom. The number of rotatable bonds is 7. The van der Waals surface area contributed by atoms with E-state index in [0.717, 1.165) is 45.4 Å². The molecule has 5 aliphatic rings. The van der Waals surface area contributed by atoms with Crippen molar-refractivity contribution in [2.24, 2.45) is 17.1 Å². The Morgan fingerprint density at radius 1 is 1.04 bits per heavy atom. The maximum Gasteiger partial charge on any atom is 0.223 e. The van der Waals surface area contributed by atoms with Gasteiger partial charge in [0, 0.05) is 61.0 Å². The number of nitrogens with two attached hydrogens (primary N) is 1. The lowest BCUT2D eigenvalue weighted by Crippen LogP contribution is -2.63. The smallest absolute Gasteiger partial charge is 0.223 e. The second-order valence-corrected chi connectivity index (χ2v) is 15.3. The first-order valence-corrected chi connectivity index (χ1v) is 18.4. The van der Waals surface area contributed by atoms with Crippen molar-refractivity contribution >= 4 is 17.5 Å². The molecular formula is C39H53N3O10. The van der Waals surface area contributed by atoms with Gasteiger partial charge in [0.15, 0.2) is 12.1 Å². The fourth-order valence-electron chi connectivity index (χ4n) is 9.10. The molecule has 13 nitrogen and oxygen atoms in total. The van der Waals surface area contributed by atoms with Gasteiger partial charge in [-0.1, -0.05) is 19.1 Å². The van der Waals surface area contributed by atoms with Crippen LogP contribution in [0.15, 0.2) is 18.2 Å². The molecule has 2 aromatic rings. The zero-order valence-corrected chi connectivity index (χ0v) is 30.8. The molecule has 3 aliphatic carbocycles. The van der Waals surface area contributed by atoms with Crippen LogP contribution in [0.3, 0.4) is 0 Å². The van der Waals surface area contributed by atoms with Crippen molar-refractivity contribution in [1.82, 2.24) is 10.2 Å². The third-order valence-corrected chi connectivity index (χ3v) is 12.0. The summed E-state index contributed by atoms with van der Waals surface area (Å²) in [6.45, 7) is 9.62. The first-order valence-electron chi connectivity index (χ1n) is 18.4. The van der Waals surface area contributed by atoms with Gasteiger partial charge in [0.1, 0.15) is 17.2 Å². The molecule has 5 atom stereocenters. The molecule has 0 aromatic heterocycles. The Bertz CT molecular complexity index is 1700. The third-order valence-electron chi connectivity index (χ3n) is 12.0. The largest absolute Gasteiger partial charge is 0.507 e. The Morgan fingerprint density at radius 2 is 1.75 bits per heavy atom. The summed E-state index contributed by atoms with van der Waals surface area (Å²) in [7, 11) is 3.05. The van der Waals surface area contributed by atoms with E-state index in [1.54, 1.807) is 19.2 Å². The number of nitrogens with one attached hydrogen (secondary N) is 1. The van der Waals surface area contributed by atoms with E-state index in [0.29, 0.717) is 37.1 Å². The van der Waals surface area contributed by atoms with Crippen molar-refractivity contribution in [1.29, 1.82) is 0 Å². The number of morpholine rings is 1. The highest BCUT2D eigenvalue weighted by molar-refractivity contribution is 6.31. The van der Waals surface area contributed by atoms with Crippen molar-refractivity contribution in [3.05, 3.63) is 51.6 Å². The summed E-state index contributed by atoms with van der Waals surface area (Å²) >= 11 is 0. The Labute approximate surface area is 304 Å². The standard InChI is InChI=1S/C28H32N2O6.C11H21NO4/c1-4-28(13-29)11-27(2,12-28)30-26(35)14-8-9-15-17(10-14)24(33)20-21(22(15)31)25(34)19-16(23(20)32)6-5-7-18(19)36-3;1-8-11(13)9(3-5-15-8)12-4-6-16-10(7-12)14-2/h5-7,14,31,33H,4,8-13,29H2,1-3H3,(H,30,35);8-11,13H,3-7H2,1-2H3. The number of hydrogen-bond acceptors (Lipinski definition) is 12. The highest BCUT2D eigenvalue weighted by Crippen LogP contribution is 2.51. The van der Waals surface area contributed by atoms with E-state index in [1.807, 2.05) is 13.8 Å². The summed E-state index contributed by atoms with van der Waals surface area (Å²) in [6.07, 6.45) is 3.75. The summed E-state index contributed by atoms with van der Waals surface area (Å²) in [4.78, 5) is 42.2. The highest BCUT2D eigenvalue weighted by Gasteiger charge is 2.51. The van der Waals surface area contributed by atoms with Crippen molar-refractivity contribution in [2.45, 2.75) is 95.8 Å². The summed E-state index contributed by atoms with van der Waals surface area (Å²) in [6, 6.07) is 4.85. The number of aliphatic hydroxyl groups excluding tert-OH is 1. The Kier molecular flexibility index (Phi) is 11.0. The molecule has 2 aromatic carbocycles. The second-order valence-electron chi connectivity index (χ2n) is 15.3. The van der Waals surface area contributed by atoms with Crippen LogP contribution in [0.1, 0.15) is 95.8 Å². The van der Waals surface area contributed by atoms with Crippen LogP contribution in [0.5, 0.6) is 17.2 Å². The molecule has 0 radical (unpaired) electrons. The number of nitrogens with zero attached hydrogens (tertiary/aromatic N) is 1. The third kappa shape index (κ3) is 6.83. The van der Waals surface area contributed by atoms with E-state index >= 15 is 0 Å². The van der Waals surface area contributed by atoms with Gasteiger partial charge in [-0.05, 0) is 76.8 Å². The molecule has 1 amide bonds. The fourth-order valence-corrected chi connectivity index (χ4v) is 9.10. The number of carbonyl (C=O) groups excluding carboxylic acids is 3. The monoisotopic (exact) mass is 723 g/mol. The molecule has 6 N–H and O–H groups in total. The molecule has 7 rings (SSSR count). The van der Waals surface area contributed by atoms with Crippen LogP contribution in [-0.2, 0) is 31.8 Å². The maximum atomic E-state index is 13.4. The van der Waals surface area contributed by atoms with Gasteiger partial charge >= 0.3 is 0 Å². The zero-order valence-electron chi connectivity index (χ0n) is 30.8. The molecule has 3 fully saturated rings. The van der Waals surface area contributed by atoms with Gasteiger partial charge < -0.3 is 45.3 Å². The molecule has 2 saturated heterocycles. The van der Waals surface area contributed by atoms with Gasteiger partial charge in [-0.15, -0.1) is 0 Å². The number of methoxy groups -OCH3 is 2. The number of aromatic hydroxyl groups is 2. The minimum atomic E-state index is -0.565. The van der Waals surface area contributed by atoms with Gasteiger partial charge in [-0.25, -0.2) is 0 Å². The van der Waals surface area contributed by atoms with E-state index < -0.39 is 23.6 Å². The lowest BCUT2D eigenvalue weighted by molar-refractivity contribution is -0.190. The molecule has 2 aliphatic heterocycles. The minimum Gasteiger partial charge on any atom is -0.507 e. The molecule has 52 heavy (non-hydrogen) atoms. The van der Waals surface area contributed by atoms with Gasteiger partial charge in [-0.2, -0.15) is 0 Å². The maximum absolute atomic E-state index is 13.4. The number of hydrogen-bond donors (Lipinski definition) is 5. The van der Waals surface area contributed by atoms with Crippen LogP contribution in [0.4, 0.5) is 0 Å². The number of amides is 1. The van der Waals surface area contributed by atoms with Crippen molar-refractivity contribution in [3.63, 3.8) is 0 Å². The number of carbonyl (C=O) groups is 3. The number of aliphatic hydroxyl groups is 1. The van der Waals surface area contributed by atoms with E-state index in [4.69, 9.17) is 24.7 Å². The van der Waals surface area contributed by atoms with Gasteiger partial charge in [0.05, 0.1) is 42.6 Å². The van der Waals surface area contributed by atoms with E-state index in [1.165, 1.54) is 13.2 Å². The molecular weight excluding hydrogens is 670 g/mol. The Balaban J connectivity index is 0.000000242. The average Bonchev–Trinajstić information content (AvgIpc) is 3.14. The SMILES string of the molecule is CCC1(CN)CC(C)(NC(=O)C2CCc3c(O)c4c(c(O)c3C2)C(=O)c2cccc(OC)c2C4=O)C1.COC1CN(C2CCOC(C)C2O)CCO1. The van der Waals surface area contributed by atoms with Crippen molar-refractivity contribution < 1.29 is 48.7 Å². The molecule has 284 valence electrons. The van der Waals surface area contributed by atoms with Crippen LogP contribution in [0.25, 0.3) is 0 Å². The molecule has 13 heteroatoms. The highest BCUT2D eigenvalue weighted by atomic mass is 16.7. The number of ether oxygens (including phenoxy) is 4. The average molecular weight is 724 g/mol. The second kappa shape index (κ2) is 15.0. The first-order chi connectivity index (χ1) is 24.8. The van der Waals surface area contributed by atoms with Crippen molar-refractivity contribution in [2.75, 3.05) is 47.1 Å². The molecule has 0 bridgehead atoms. The summed E-state index contributed by atoms with van der Waals surface area (Å²) in [5.74, 6) is -2.05. The van der Waals surface area contributed by atoms with Crippen LogP contribution >= 0.6 is 0 Å². The normalized spacial score (nSPS) is 31.2. The Hall–Kier alpha value is -3.59. The van der Waals surface area contributed by atoms with E-state index in [2.05, 4.69) is 17.1 Å². The molecule has 1 saturated carbocycles. The number of fused-ring (bicyclic) bond motifs is 3. The zero-order chi connectivity index (χ0) is 37.5. The predicted molar refractivity (Wildman–Crippen MR) is 191 cm³/mol. The minimum absolute atomic E-state index is 0.0657. The van der Waals surface area contributed by atoms with Crippen LogP contribution in [0.2, 0.25) is 0 Å². The number of benzene rings is 2. The lowest BCUT2D eigenvalue weighted by Gasteiger charge is -2.55. The van der Waals surface area contributed by atoms with E-state index in [9.17, 15) is 29.7 Å². The first kappa shape index (κ1) is 38.1. The number of phenolic OH excluding ortho intramolecular Hbond substituents is 2. The number of ketones is 2. The predicted octanol–water partition coefficient (Wildman–Crippen LogP) is 2.84. The van der Waals surface area contributed by atoms with E-state index in [-0.39, 0.29) is 81.2 Å². The number of phenols is 2. The van der Waals surface area contributed by atoms with Crippen LogP contribution in [-0.4, -0.2) is 115 Å². The van der Waals surface area contributed by atoms with Gasteiger partial charge in [-0.3, -0.25) is 19.3 Å². The molecule has 5 unspecified atom stereocenters. The quantitative estimate of drug-likeness (QED) is 0.225. The van der Waals surface area contributed by atoms with Gasteiger partial charge in [0.25, 0.3) is 0 Å². The molecule has 0 spiro atoms. The summed E-state index contributed by atoms with van der Waals surface area (Å²) in [5, 5.41) is 35.6. The summed E-state index contributed by atoms with van der Waals surface area (Å²) < 4.78 is 21.3. The van der Waals surface area contributed by atoms with Gasteiger partial charge in [0.2, 0.25) is 11.7 Å². The van der Waals surface area contributed by atoms with Crippen LogP contribution in [0, 0.1) is 11.3 Å². The van der Waals surface area contributed by atoms with Crippen LogP contribution < -0.4 is 15.8 Å². The lowest BCUT2D eigenvalue weighted by atomic mass is 9.56. The fraction of sp³-hybridized carbons (Fsp3) is 0.615. The summed E-state index contributed by atoms with van der Waals surface area (Å²) in [5.41, 5.74) is 6.26. The molecule has 2 heterocycles. The van der Waals surface area contributed by atoms with Crippen molar-refractivity contribution in [3.8, 4) is 17.2 Å².